The van der Waals surface area contributed by atoms with E-state index in [1.54, 1.807) is 12.2 Å². The van der Waals surface area contributed by atoms with Gasteiger partial charge in [0.1, 0.15) is 0 Å². The van der Waals surface area contributed by atoms with Gasteiger partial charge < -0.3 is 5.48 Å². The molecule has 0 spiro atoms. The van der Waals surface area contributed by atoms with Crippen molar-refractivity contribution in [2.45, 2.75) is 0 Å². The zero-order chi connectivity index (χ0) is 6.83. The molecule has 0 aromatic carbocycles. The summed E-state index contributed by atoms with van der Waals surface area (Å²) in [6, 6.07) is 0. The molecule has 0 radical (unpaired) electrons. The maximum atomic E-state index is 3.80. The first-order chi connectivity index (χ1) is 3.83. The lowest BCUT2D eigenvalue weighted by Gasteiger charge is -1.57. The standard InChI is InChI=1S/2C3H6S.H2O/c2*1-2-3-4;/h2*2,4H,1,3H2;1H2. The van der Waals surface area contributed by atoms with Crippen LogP contribution in [0.5, 0.6) is 0 Å². The molecular weight excluding hydrogens is 152 g/mol. The quantitative estimate of drug-likeness (QED) is 0.459. The maximum Gasteiger partial charge on any atom is 0.00799 e. The van der Waals surface area contributed by atoms with E-state index in [1.165, 1.54) is 0 Å². The smallest absolute Gasteiger partial charge is 0.00799 e. The Labute approximate surface area is 68.0 Å². The first kappa shape index (κ1) is 16.1. The van der Waals surface area contributed by atoms with Crippen molar-refractivity contribution in [2.75, 3.05) is 11.5 Å². The summed E-state index contributed by atoms with van der Waals surface area (Å²) < 4.78 is 0. The van der Waals surface area contributed by atoms with Crippen LogP contribution in [0.2, 0.25) is 0 Å². The summed E-state index contributed by atoms with van der Waals surface area (Å²) in [7, 11) is 0. The molecule has 0 unspecified atom stereocenters. The molecule has 56 valence electrons. The molecule has 0 heterocycles. The van der Waals surface area contributed by atoms with Gasteiger partial charge in [0.05, 0.1) is 0 Å². The van der Waals surface area contributed by atoms with E-state index in [0.29, 0.717) is 0 Å². The molecule has 0 saturated heterocycles. The lowest BCUT2D eigenvalue weighted by molar-refractivity contribution is 0.824. The van der Waals surface area contributed by atoms with Crippen molar-refractivity contribution in [1.29, 1.82) is 0 Å². The maximum absolute atomic E-state index is 3.80. The van der Waals surface area contributed by atoms with E-state index in [9.17, 15) is 0 Å². The summed E-state index contributed by atoms with van der Waals surface area (Å²) in [6.07, 6.45) is 3.48. The van der Waals surface area contributed by atoms with Crippen LogP contribution in [0.3, 0.4) is 0 Å². The fraction of sp³-hybridized carbons (Fsp3) is 0.333. The van der Waals surface area contributed by atoms with E-state index in [4.69, 9.17) is 0 Å². The van der Waals surface area contributed by atoms with Gasteiger partial charge >= 0.3 is 0 Å². The second-order valence-electron chi connectivity index (χ2n) is 0.942. The third-order valence-electron chi connectivity index (χ3n) is 0.258. The number of thiol groups is 2. The first-order valence-electron chi connectivity index (χ1n) is 2.27. The van der Waals surface area contributed by atoms with E-state index in [1.807, 2.05) is 0 Å². The molecule has 0 fully saturated rings. The highest BCUT2D eigenvalue weighted by Crippen LogP contribution is 1.66. The van der Waals surface area contributed by atoms with E-state index in [0.717, 1.165) is 11.5 Å². The fourth-order valence-corrected chi connectivity index (χ4v) is 0. The van der Waals surface area contributed by atoms with Crippen molar-refractivity contribution in [3.05, 3.63) is 25.3 Å². The highest BCUT2D eigenvalue weighted by molar-refractivity contribution is 7.80. The molecule has 1 nitrogen and oxygen atoms in total. The van der Waals surface area contributed by atoms with Gasteiger partial charge in [-0.2, -0.15) is 25.3 Å². The van der Waals surface area contributed by atoms with Crippen LogP contribution in [0, 0.1) is 0 Å². The fourth-order valence-electron chi connectivity index (χ4n) is 0. The second kappa shape index (κ2) is 24.2. The Morgan fingerprint density at radius 1 is 1.00 bits per heavy atom. The average molecular weight is 166 g/mol. The lowest BCUT2D eigenvalue weighted by Crippen LogP contribution is -1.45. The monoisotopic (exact) mass is 166 g/mol. The zero-order valence-electron chi connectivity index (χ0n) is 5.38. The van der Waals surface area contributed by atoms with Crippen molar-refractivity contribution < 1.29 is 5.48 Å². The van der Waals surface area contributed by atoms with Gasteiger partial charge in [-0.05, 0) is 0 Å². The Hall–Kier alpha value is 0.140. The van der Waals surface area contributed by atoms with Crippen LogP contribution < -0.4 is 0 Å². The molecule has 0 aliphatic heterocycles. The SMILES string of the molecule is C=CCS.C=CCS.O. The van der Waals surface area contributed by atoms with Gasteiger partial charge in [-0.25, -0.2) is 0 Å². The van der Waals surface area contributed by atoms with E-state index >= 15 is 0 Å². The highest BCUT2D eigenvalue weighted by atomic mass is 32.1. The minimum Gasteiger partial charge on any atom is -0.412 e. The summed E-state index contributed by atoms with van der Waals surface area (Å²) in [5.74, 6) is 1.56. The minimum absolute atomic E-state index is 0. The third-order valence-corrected chi connectivity index (χ3v) is 0.775. The van der Waals surface area contributed by atoms with Crippen LogP contribution in [-0.4, -0.2) is 17.0 Å². The summed E-state index contributed by atoms with van der Waals surface area (Å²) in [6.45, 7) is 6.81. The summed E-state index contributed by atoms with van der Waals surface area (Å²) >= 11 is 7.60. The molecule has 0 aliphatic carbocycles. The van der Waals surface area contributed by atoms with Gasteiger partial charge in [0.25, 0.3) is 0 Å². The predicted octanol–water partition coefficient (Wildman–Crippen LogP) is 1.38. The molecule has 0 aliphatic rings. The zero-order valence-corrected chi connectivity index (χ0v) is 7.17. The van der Waals surface area contributed by atoms with Crippen molar-refractivity contribution >= 4 is 25.3 Å². The molecule has 9 heavy (non-hydrogen) atoms. The van der Waals surface area contributed by atoms with Crippen LogP contribution in [0.1, 0.15) is 0 Å². The Balaban J connectivity index is -0.0000000720. The molecule has 0 aromatic rings. The Morgan fingerprint density at radius 2 is 1.11 bits per heavy atom. The average Bonchev–Trinajstić information content (AvgIpc) is 1.88. The van der Waals surface area contributed by atoms with Gasteiger partial charge in [-0.1, -0.05) is 12.2 Å². The van der Waals surface area contributed by atoms with Crippen LogP contribution >= 0.6 is 25.3 Å². The second-order valence-corrected chi connectivity index (χ2v) is 1.67. The molecule has 0 aromatic heterocycles. The lowest BCUT2D eigenvalue weighted by atomic mass is 10.8. The van der Waals surface area contributed by atoms with E-state index < -0.39 is 0 Å². The third kappa shape index (κ3) is 67.0. The molecule has 2 N–H and O–H groups in total. The van der Waals surface area contributed by atoms with E-state index in [2.05, 4.69) is 38.4 Å². The number of rotatable bonds is 2. The van der Waals surface area contributed by atoms with Gasteiger partial charge in [0, 0.05) is 11.5 Å². The molecule has 0 saturated carbocycles. The molecule has 3 heteroatoms. The molecule has 0 amide bonds. The Kier molecular flexibility index (Phi) is 43.2. The van der Waals surface area contributed by atoms with Crippen molar-refractivity contribution in [3.63, 3.8) is 0 Å². The normalized spacial score (nSPS) is 5.56. The molecule has 0 bridgehead atoms. The highest BCUT2D eigenvalue weighted by Gasteiger charge is 1.45. The van der Waals surface area contributed by atoms with Gasteiger partial charge in [-0.15, -0.1) is 13.2 Å². The van der Waals surface area contributed by atoms with Crippen molar-refractivity contribution in [3.8, 4) is 0 Å². The van der Waals surface area contributed by atoms with Gasteiger partial charge in [0.15, 0.2) is 0 Å². The Morgan fingerprint density at radius 3 is 1.11 bits per heavy atom. The van der Waals surface area contributed by atoms with E-state index in [-0.39, 0.29) is 5.48 Å². The minimum atomic E-state index is 0. The molecular formula is C6H14OS2. The van der Waals surface area contributed by atoms with Crippen LogP contribution in [-0.2, 0) is 0 Å². The number of hydrogen-bond donors (Lipinski definition) is 2. The molecule has 0 atom stereocenters. The summed E-state index contributed by atoms with van der Waals surface area (Å²) in [4.78, 5) is 0. The number of hydrogen-bond acceptors (Lipinski definition) is 2. The summed E-state index contributed by atoms with van der Waals surface area (Å²) in [5.41, 5.74) is 0. The van der Waals surface area contributed by atoms with Crippen molar-refractivity contribution in [1.82, 2.24) is 0 Å². The van der Waals surface area contributed by atoms with Crippen LogP contribution in [0.25, 0.3) is 0 Å². The first-order valence-corrected chi connectivity index (χ1v) is 3.53. The van der Waals surface area contributed by atoms with Crippen LogP contribution in [0.15, 0.2) is 25.3 Å². The molecule has 0 rings (SSSR count). The Bertz CT molecular complexity index is 47.0. The van der Waals surface area contributed by atoms with Gasteiger partial charge in [0.2, 0.25) is 0 Å². The van der Waals surface area contributed by atoms with Crippen molar-refractivity contribution in [2.24, 2.45) is 0 Å². The largest absolute Gasteiger partial charge is 0.412 e. The van der Waals surface area contributed by atoms with Gasteiger partial charge in [-0.3, -0.25) is 0 Å². The summed E-state index contributed by atoms with van der Waals surface area (Å²) in [5, 5.41) is 0. The predicted molar refractivity (Wildman–Crippen MR) is 51.7 cm³/mol. The topological polar surface area (TPSA) is 31.5 Å². The van der Waals surface area contributed by atoms with Crippen LogP contribution in [0.4, 0.5) is 0 Å².